The first-order valence-corrected chi connectivity index (χ1v) is 9.80. The lowest BCUT2D eigenvalue weighted by Crippen LogP contribution is -2.36. The zero-order valence-corrected chi connectivity index (χ0v) is 16.3. The maximum absolute atomic E-state index is 5.36. The molecule has 0 amide bonds. The highest BCUT2D eigenvalue weighted by atomic mass is 16.5. The Labute approximate surface area is 165 Å². The molecule has 0 fully saturated rings. The van der Waals surface area contributed by atoms with Gasteiger partial charge in [0.15, 0.2) is 0 Å². The molecule has 0 saturated heterocycles. The van der Waals surface area contributed by atoms with Crippen molar-refractivity contribution in [3.05, 3.63) is 95.7 Å². The molecule has 1 aliphatic heterocycles. The minimum Gasteiger partial charge on any atom is -0.497 e. The number of aryl methyl sites for hydroxylation is 1. The van der Waals surface area contributed by atoms with Gasteiger partial charge in [-0.05, 0) is 35.9 Å². The lowest BCUT2D eigenvalue weighted by Gasteiger charge is -2.38. The van der Waals surface area contributed by atoms with E-state index < -0.39 is 0 Å². The molecule has 3 heteroatoms. The molecule has 0 spiro atoms. The maximum atomic E-state index is 5.36. The minimum atomic E-state index is 0.199. The first-order chi connectivity index (χ1) is 13.8. The SMILES string of the molecule is COc1ccc(N2CCc3c(c4ccccc4n3C)C2c2ccccc2)cc1. The summed E-state index contributed by atoms with van der Waals surface area (Å²) in [5.74, 6) is 0.892. The Balaban J connectivity index is 1.73. The van der Waals surface area contributed by atoms with E-state index in [0.29, 0.717) is 0 Å². The van der Waals surface area contributed by atoms with Crippen molar-refractivity contribution >= 4 is 16.6 Å². The molecule has 140 valence electrons. The van der Waals surface area contributed by atoms with Crippen LogP contribution in [0.2, 0.25) is 0 Å². The quantitative estimate of drug-likeness (QED) is 0.486. The summed E-state index contributed by atoms with van der Waals surface area (Å²) in [4.78, 5) is 2.53. The Bertz CT molecular complexity index is 1110. The standard InChI is InChI=1S/C25H24N2O/c1-26-22-11-7-6-10-21(22)24-23(26)16-17-27(19-12-14-20(28-2)15-13-19)25(24)18-8-4-3-5-9-18/h3-15,25H,16-17H2,1-2H3. The van der Waals surface area contributed by atoms with Crippen molar-refractivity contribution in [1.29, 1.82) is 0 Å². The van der Waals surface area contributed by atoms with Crippen LogP contribution in [0.4, 0.5) is 5.69 Å². The van der Waals surface area contributed by atoms with Crippen LogP contribution in [0.1, 0.15) is 22.9 Å². The Morgan fingerprint density at radius 3 is 2.32 bits per heavy atom. The van der Waals surface area contributed by atoms with Crippen LogP contribution in [0, 0.1) is 0 Å². The van der Waals surface area contributed by atoms with Crippen molar-refractivity contribution < 1.29 is 4.74 Å². The van der Waals surface area contributed by atoms with Crippen LogP contribution in [-0.4, -0.2) is 18.2 Å². The summed E-state index contributed by atoms with van der Waals surface area (Å²) >= 11 is 0. The Morgan fingerprint density at radius 1 is 0.857 bits per heavy atom. The summed E-state index contributed by atoms with van der Waals surface area (Å²) in [6.07, 6.45) is 1.04. The van der Waals surface area contributed by atoms with Gasteiger partial charge in [-0.15, -0.1) is 0 Å². The van der Waals surface area contributed by atoms with E-state index >= 15 is 0 Å². The monoisotopic (exact) mass is 368 g/mol. The highest BCUT2D eigenvalue weighted by Gasteiger charge is 2.33. The molecule has 0 aliphatic carbocycles. The second kappa shape index (κ2) is 6.75. The van der Waals surface area contributed by atoms with E-state index in [1.165, 1.54) is 33.4 Å². The Hall–Kier alpha value is -3.20. The van der Waals surface area contributed by atoms with Crippen LogP contribution >= 0.6 is 0 Å². The number of nitrogens with zero attached hydrogens (tertiary/aromatic N) is 2. The van der Waals surface area contributed by atoms with Crippen LogP contribution < -0.4 is 9.64 Å². The zero-order valence-electron chi connectivity index (χ0n) is 16.3. The second-order valence-corrected chi connectivity index (χ2v) is 7.39. The molecule has 1 atom stereocenters. The molecule has 0 N–H and O–H groups in total. The van der Waals surface area contributed by atoms with Crippen molar-refractivity contribution in [2.75, 3.05) is 18.6 Å². The van der Waals surface area contributed by atoms with E-state index in [0.717, 1.165) is 18.7 Å². The molecular formula is C25H24N2O. The number of para-hydroxylation sites is 1. The van der Waals surface area contributed by atoms with Crippen LogP contribution in [0.3, 0.4) is 0 Å². The predicted molar refractivity (Wildman–Crippen MR) is 115 cm³/mol. The Kier molecular flexibility index (Phi) is 4.09. The van der Waals surface area contributed by atoms with E-state index in [-0.39, 0.29) is 6.04 Å². The van der Waals surface area contributed by atoms with Gasteiger partial charge < -0.3 is 14.2 Å². The fourth-order valence-electron chi connectivity index (χ4n) is 4.63. The molecule has 3 nitrogen and oxygen atoms in total. The number of methoxy groups -OCH3 is 1. The number of ether oxygens (including phenoxy) is 1. The summed E-state index contributed by atoms with van der Waals surface area (Å²) in [7, 11) is 3.91. The van der Waals surface area contributed by atoms with Crippen LogP contribution in [0.15, 0.2) is 78.9 Å². The average Bonchev–Trinajstić information content (AvgIpc) is 3.06. The second-order valence-electron chi connectivity index (χ2n) is 7.39. The normalized spacial score (nSPS) is 16.2. The number of fused-ring (bicyclic) bond motifs is 3. The first kappa shape index (κ1) is 16.9. The molecule has 0 saturated carbocycles. The molecule has 1 unspecified atom stereocenters. The molecule has 2 heterocycles. The molecule has 0 radical (unpaired) electrons. The number of hydrogen-bond acceptors (Lipinski definition) is 2. The molecule has 1 aliphatic rings. The summed E-state index contributed by atoms with van der Waals surface area (Å²) in [5.41, 5.74) is 6.75. The largest absolute Gasteiger partial charge is 0.497 e. The van der Waals surface area contributed by atoms with Gasteiger partial charge in [0.1, 0.15) is 5.75 Å². The first-order valence-electron chi connectivity index (χ1n) is 9.80. The number of rotatable bonds is 3. The Morgan fingerprint density at radius 2 is 1.57 bits per heavy atom. The van der Waals surface area contributed by atoms with Crippen molar-refractivity contribution in [1.82, 2.24) is 4.57 Å². The summed E-state index contributed by atoms with van der Waals surface area (Å²) < 4.78 is 7.74. The van der Waals surface area contributed by atoms with Gasteiger partial charge in [-0.1, -0.05) is 48.5 Å². The van der Waals surface area contributed by atoms with E-state index in [1.807, 2.05) is 0 Å². The van der Waals surface area contributed by atoms with Crippen molar-refractivity contribution in [2.24, 2.45) is 7.05 Å². The van der Waals surface area contributed by atoms with Gasteiger partial charge in [0.05, 0.1) is 13.2 Å². The fraction of sp³-hybridized carbons (Fsp3) is 0.200. The molecule has 5 rings (SSSR count). The van der Waals surface area contributed by atoms with Gasteiger partial charge in [-0.3, -0.25) is 0 Å². The molecule has 28 heavy (non-hydrogen) atoms. The van der Waals surface area contributed by atoms with E-state index in [2.05, 4.69) is 95.4 Å². The average molecular weight is 368 g/mol. The summed E-state index contributed by atoms with van der Waals surface area (Å²) in [5, 5.41) is 1.35. The van der Waals surface area contributed by atoms with Crippen molar-refractivity contribution in [2.45, 2.75) is 12.5 Å². The molecule has 3 aromatic carbocycles. The zero-order chi connectivity index (χ0) is 19.1. The smallest absolute Gasteiger partial charge is 0.119 e. The maximum Gasteiger partial charge on any atom is 0.119 e. The van der Waals surface area contributed by atoms with E-state index in [9.17, 15) is 0 Å². The van der Waals surface area contributed by atoms with Gasteiger partial charge in [0.2, 0.25) is 0 Å². The third-order valence-electron chi connectivity index (χ3n) is 5.97. The summed E-state index contributed by atoms with van der Waals surface area (Å²) in [6, 6.07) is 28.3. The molecule has 1 aromatic heterocycles. The third-order valence-corrected chi connectivity index (χ3v) is 5.97. The highest BCUT2D eigenvalue weighted by Crippen LogP contribution is 2.43. The van der Waals surface area contributed by atoms with Crippen LogP contribution in [0.25, 0.3) is 10.9 Å². The highest BCUT2D eigenvalue weighted by molar-refractivity contribution is 5.87. The van der Waals surface area contributed by atoms with Crippen molar-refractivity contribution in [3.8, 4) is 5.75 Å². The molecular weight excluding hydrogens is 344 g/mol. The van der Waals surface area contributed by atoms with Gasteiger partial charge in [0, 0.05) is 47.9 Å². The van der Waals surface area contributed by atoms with Gasteiger partial charge in [-0.25, -0.2) is 0 Å². The number of anilines is 1. The van der Waals surface area contributed by atoms with E-state index in [1.54, 1.807) is 7.11 Å². The fourth-order valence-corrected chi connectivity index (χ4v) is 4.63. The topological polar surface area (TPSA) is 17.4 Å². The number of benzene rings is 3. The van der Waals surface area contributed by atoms with E-state index in [4.69, 9.17) is 4.74 Å². The van der Waals surface area contributed by atoms with Gasteiger partial charge in [0.25, 0.3) is 0 Å². The lowest BCUT2D eigenvalue weighted by atomic mass is 9.90. The van der Waals surface area contributed by atoms with Crippen LogP contribution in [0.5, 0.6) is 5.75 Å². The van der Waals surface area contributed by atoms with Crippen LogP contribution in [-0.2, 0) is 13.5 Å². The van der Waals surface area contributed by atoms with Crippen molar-refractivity contribution in [3.63, 3.8) is 0 Å². The number of aromatic nitrogens is 1. The molecule has 4 aromatic rings. The van der Waals surface area contributed by atoms with Gasteiger partial charge >= 0.3 is 0 Å². The molecule has 0 bridgehead atoms. The summed E-state index contributed by atoms with van der Waals surface area (Å²) in [6.45, 7) is 0.989. The third kappa shape index (κ3) is 2.58. The number of hydrogen-bond donors (Lipinski definition) is 0. The van der Waals surface area contributed by atoms with Gasteiger partial charge in [-0.2, -0.15) is 0 Å². The lowest BCUT2D eigenvalue weighted by molar-refractivity contribution is 0.414. The minimum absolute atomic E-state index is 0.199. The predicted octanol–water partition coefficient (Wildman–Crippen LogP) is 5.34.